The average Bonchev–Trinajstić information content (AvgIpc) is 2.88. The number of aliphatic imine (C=N–C) groups is 1. The molecule has 16 heavy (non-hydrogen) atoms. The van der Waals surface area contributed by atoms with Gasteiger partial charge in [-0.25, -0.2) is 0 Å². The van der Waals surface area contributed by atoms with Crippen LogP contribution in [0.15, 0.2) is 21.8 Å². The number of hydrogen-bond donors (Lipinski definition) is 1. The van der Waals surface area contributed by atoms with Crippen molar-refractivity contribution in [1.82, 2.24) is 0 Å². The molecule has 0 aliphatic heterocycles. The van der Waals surface area contributed by atoms with Crippen molar-refractivity contribution in [3.63, 3.8) is 0 Å². The van der Waals surface area contributed by atoms with Crippen LogP contribution in [-0.2, 0) is 6.42 Å². The number of nitrogens with zero attached hydrogens (tertiary/aromatic N) is 1. The Morgan fingerprint density at radius 1 is 1.56 bits per heavy atom. The summed E-state index contributed by atoms with van der Waals surface area (Å²) in [4.78, 5) is 4.63. The molecule has 1 aromatic rings. The van der Waals surface area contributed by atoms with Crippen LogP contribution in [0.2, 0.25) is 0 Å². The Kier molecular flexibility index (Phi) is 3.99. The standard InChI is InChI=1S/C13H20N2S/c1-10(8-11-6-7-16-9-11)15-13(14)12-4-2-3-5-12/h6-7,9-10,12H,2-5,8H2,1H3,(H2,14,15). The van der Waals surface area contributed by atoms with E-state index in [1.807, 2.05) is 0 Å². The second kappa shape index (κ2) is 5.48. The number of amidine groups is 1. The fraction of sp³-hybridized carbons (Fsp3) is 0.615. The molecule has 1 aromatic heterocycles. The molecule has 1 aliphatic carbocycles. The molecule has 0 aromatic carbocycles. The Morgan fingerprint density at radius 2 is 2.31 bits per heavy atom. The molecule has 2 N–H and O–H groups in total. The molecule has 3 heteroatoms. The lowest BCUT2D eigenvalue weighted by Gasteiger charge is -2.11. The van der Waals surface area contributed by atoms with E-state index in [0.717, 1.165) is 12.3 Å². The van der Waals surface area contributed by atoms with Gasteiger partial charge in [0.2, 0.25) is 0 Å². The molecule has 0 saturated heterocycles. The van der Waals surface area contributed by atoms with Crippen LogP contribution in [0.4, 0.5) is 0 Å². The maximum Gasteiger partial charge on any atom is 0.0971 e. The van der Waals surface area contributed by atoms with E-state index in [0.29, 0.717) is 12.0 Å². The van der Waals surface area contributed by atoms with Gasteiger partial charge in [-0.3, -0.25) is 4.99 Å². The minimum atomic E-state index is 0.315. The first-order chi connectivity index (χ1) is 7.75. The van der Waals surface area contributed by atoms with Crippen LogP contribution in [0.5, 0.6) is 0 Å². The number of thiophene rings is 1. The fourth-order valence-electron chi connectivity index (χ4n) is 2.38. The zero-order valence-electron chi connectivity index (χ0n) is 9.86. The third-order valence-corrected chi connectivity index (χ3v) is 3.99. The molecule has 2 nitrogen and oxygen atoms in total. The Balaban J connectivity index is 1.89. The van der Waals surface area contributed by atoms with Crippen molar-refractivity contribution in [2.24, 2.45) is 16.6 Å². The van der Waals surface area contributed by atoms with Crippen molar-refractivity contribution in [2.45, 2.75) is 45.1 Å². The van der Waals surface area contributed by atoms with E-state index in [-0.39, 0.29) is 0 Å². The van der Waals surface area contributed by atoms with Crippen LogP contribution >= 0.6 is 11.3 Å². The highest BCUT2D eigenvalue weighted by Gasteiger charge is 2.19. The maximum atomic E-state index is 6.06. The minimum absolute atomic E-state index is 0.315. The molecule has 0 bridgehead atoms. The van der Waals surface area contributed by atoms with E-state index in [1.165, 1.54) is 31.2 Å². The molecule has 1 atom stereocenters. The van der Waals surface area contributed by atoms with Crippen molar-refractivity contribution >= 4 is 17.2 Å². The summed E-state index contributed by atoms with van der Waals surface area (Å²) in [6.45, 7) is 2.15. The summed E-state index contributed by atoms with van der Waals surface area (Å²) in [6, 6.07) is 2.48. The van der Waals surface area contributed by atoms with Gasteiger partial charge >= 0.3 is 0 Å². The zero-order chi connectivity index (χ0) is 11.4. The predicted molar refractivity (Wildman–Crippen MR) is 71.1 cm³/mol. The summed E-state index contributed by atoms with van der Waals surface area (Å²) in [5.41, 5.74) is 7.44. The van der Waals surface area contributed by atoms with E-state index in [1.54, 1.807) is 11.3 Å². The first-order valence-corrected chi connectivity index (χ1v) is 7.04. The summed E-state index contributed by atoms with van der Waals surface area (Å²) >= 11 is 1.75. The molecule has 1 unspecified atom stereocenters. The summed E-state index contributed by atoms with van der Waals surface area (Å²) in [5.74, 6) is 1.45. The quantitative estimate of drug-likeness (QED) is 0.632. The van der Waals surface area contributed by atoms with Gasteiger partial charge in [-0.05, 0) is 48.6 Å². The van der Waals surface area contributed by atoms with Gasteiger partial charge in [-0.15, -0.1) is 0 Å². The maximum absolute atomic E-state index is 6.06. The summed E-state index contributed by atoms with van der Waals surface area (Å²) in [5, 5.41) is 4.31. The smallest absolute Gasteiger partial charge is 0.0971 e. The molecular weight excluding hydrogens is 216 g/mol. The van der Waals surface area contributed by atoms with Crippen LogP contribution in [0.3, 0.4) is 0 Å². The largest absolute Gasteiger partial charge is 0.387 e. The number of nitrogens with two attached hydrogens (primary N) is 1. The Morgan fingerprint density at radius 3 is 2.94 bits per heavy atom. The van der Waals surface area contributed by atoms with Crippen molar-refractivity contribution in [3.05, 3.63) is 22.4 Å². The Labute approximate surface area is 102 Å². The molecule has 0 spiro atoms. The van der Waals surface area contributed by atoms with Gasteiger partial charge in [0.1, 0.15) is 0 Å². The Bertz CT molecular complexity index is 337. The van der Waals surface area contributed by atoms with E-state index in [9.17, 15) is 0 Å². The van der Waals surface area contributed by atoms with Gasteiger partial charge in [-0.1, -0.05) is 12.8 Å². The van der Waals surface area contributed by atoms with Gasteiger partial charge in [-0.2, -0.15) is 11.3 Å². The molecule has 1 fully saturated rings. The third kappa shape index (κ3) is 3.08. The van der Waals surface area contributed by atoms with Crippen LogP contribution in [0, 0.1) is 5.92 Å². The van der Waals surface area contributed by atoms with E-state index in [4.69, 9.17) is 5.73 Å². The monoisotopic (exact) mass is 236 g/mol. The van der Waals surface area contributed by atoms with Crippen molar-refractivity contribution < 1.29 is 0 Å². The second-order valence-electron chi connectivity index (χ2n) is 4.72. The van der Waals surface area contributed by atoms with Gasteiger partial charge in [0.15, 0.2) is 0 Å². The molecule has 2 rings (SSSR count). The summed E-state index contributed by atoms with van der Waals surface area (Å²) < 4.78 is 0. The lowest BCUT2D eigenvalue weighted by Crippen LogP contribution is -2.24. The topological polar surface area (TPSA) is 38.4 Å². The lowest BCUT2D eigenvalue weighted by molar-refractivity contribution is 0.683. The van der Waals surface area contributed by atoms with E-state index in [2.05, 4.69) is 28.7 Å². The first-order valence-electron chi connectivity index (χ1n) is 6.10. The number of hydrogen-bond acceptors (Lipinski definition) is 2. The van der Waals surface area contributed by atoms with Gasteiger partial charge < -0.3 is 5.73 Å². The molecule has 1 saturated carbocycles. The second-order valence-corrected chi connectivity index (χ2v) is 5.50. The highest BCUT2D eigenvalue weighted by Crippen LogP contribution is 2.25. The normalized spacial score (nSPS) is 20.2. The highest BCUT2D eigenvalue weighted by atomic mass is 32.1. The van der Waals surface area contributed by atoms with E-state index < -0.39 is 0 Å². The molecule has 1 heterocycles. The molecule has 1 aliphatic rings. The van der Waals surface area contributed by atoms with Crippen molar-refractivity contribution in [1.29, 1.82) is 0 Å². The van der Waals surface area contributed by atoms with E-state index >= 15 is 0 Å². The SMILES string of the molecule is CC(Cc1ccsc1)N=C(N)C1CCCC1. The molecule has 88 valence electrons. The first kappa shape index (κ1) is 11.6. The van der Waals surface area contributed by atoms with Crippen molar-refractivity contribution in [2.75, 3.05) is 0 Å². The molecular formula is C13H20N2S. The Hall–Kier alpha value is -0.830. The predicted octanol–water partition coefficient (Wildman–Crippen LogP) is 3.23. The minimum Gasteiger partial charge on any atom is -0.387 e. The summed E-state index contributed by atoms with van der Waals surface area (Å²) in [6.07, 6.45) is 6.12. The van der Waals surface area contributed by atoms with Crippen LogP contribution < -0.4 is 5.73 Å². The summed E-state index contributed by atoms with van der Waals surface area (Å²) in [7, 11) is 0. The average molecular weight is 236 g/mol. The number of rotatable bonds is 4. The van der Waals surface area contributed by atoms with Crippen LogP contribution in [-0.4, -0.2) is 11.9 Å². The van der Waals surface area contributed by atoms with Gasteiger partial charge in [0.25, 0.3) is 0 Å². The molecule has 0 amide bonds. The molecule has 0 radical (unpaired) electrons. The fourth-order valence-corrected chi connectivity index (χ4v) is 3.06. The lowest BCUT2D eigenvalue weighted by atomic mass is 10.1. The third-order valence-electron chi connectivity index (χ3n) is 3.25. The van der Waals surface area contributed by atoms with Gasteiger partial charge in [0, 0.05) is 5.92 Å². The van der Waals surface area contributed by atoms with Crippen LogP contribution in [0.25, 0.3) is 0 Å². The van der Waals surface area contributed by atoms with Crippen molar-refractivity contribution in [3.8, 4) is 0 Å². The zero-order valence-corrected chi connectivity index (χ0v) is 10.7. The van der Waals surface area contributed by atoms with Gasteiger partial charge in [0.05, 0.1) is 11.9 Å². The highest BCUT2D eigenvalue weighted by molar-refractivity contribution is 7.07. The van der Waals surface area contributed by atoms with Crippen LogP contribution in [0.1, 0.15) is 38.2 Å².